The Morgan fingerprint density at radius 2 is 1.62 bits per heavy atom. The van der Waals surface area contributed by atoms with Crippen LogP contribution >= 0.6 is 0 Å². The Labute approximate surface area is 150 Å². The number of amides is 1. The number of nitrogens with one attached hydrogen (secondary N) is 1. The summed E-state index contributed by atoms with van der Waals surface area (Å²) < 4.78 is 5.65. The number of rotatable bonds is 5. The van der Waals surface area contributed by atoms with E-state index in [0.29, 0.717) is 0 Å². The van der Waals surface area contributed by atoms with E-state index < -0.39 is 0 Å². The monoisotopic (exact) mass is 344 g/mol. The lowest BCUT2D eigenvalue weighted by Gasteiger charge is -2.32. The highest BCUT2D eigenvalue weighted by Gasteiger charge is 2.29. The van der Waals surface area contributed by atoms with Gasteiger partial charge < -0.3 is 15.0 Å². The van der Waals surface area contributed by atoms with Gasteiger partial charge in [0.05, 0.1) is 5.92 Å². The van der Waals surface area contributed by atoms with Gasteiger partial charge in [-0.3, -0.25) is 9.59 Å². The summed E-state index contributed by atoms with van der Waals surface area (Å²) in [5, 5.41) is 2.81. The minimum atomic E-state index is -0.00690. The van der Waals surface area contributed by atoms with E-state index in [2.05, 4.69) is 17.1 Å². The summed E-state index contributed by atoms with van der Waals surface area (Å²) in [5.41, 5.74) is 0. The van der Waals surface area contributed by atoms with Gasteiger partial charge in [-0.1, -0.05) is 34.6 Å². The van der Waals surface area contributed by atoms with Gasteiger partial charge in [0, 0.05) is 7.47 Å². The second kappa shape index (κ2) is 14.3. The molecule has 0 unspecified atom stereocenters. The number of ether oxygens (including phenoxy) is 1. The predicted molar refractivity (Wildman–Crippen MR) is 101 cm³/mol. The van der Waals surface area contributed by atoms with E-state index >= 15 is 0 Å². The Bertz CT molecular complexity index is 327. The molecule has 0 radical (unpaired) electrons. The van der Waals surface area contributed by atoms with Crippen molar-refractivity contribution in [2.75, 3.05) is 19.6 Å². The first-order valence-corrected chi connectivity index (χ1v) is 9.85. The third kappa shape index (κ3) is 8.13. The minimum absolute atomic E-state index is 0. The van der Waals surface area contributed by atoms with Crippen molar-refractivity contribution in [1.82, 2.24) is 10.2 Å². The molecule has 24 heavy (non-hydrogen) atoms. The van der Waals surface area contributed by atoms with Crippen LogP contribution in [-0.4, -0.2) is 49.1 Å². The van der Waals surface area contributed by atoms with Gasteiger partial charge in [-0.2, -0.15) is 0 Å². The molecule has 1 saturated heterocycles. The van der Waals surface area contributed by atoms with Crippen LogP contribution in [0.5, 0.6) is 0 Å². The van der Waals surface area contributed by atoms with Crippen molar-refractivity contribution in [3.63, 3.8) is 0 Å². The average Bonchev–Trinajstić information content (AvgIpc) is 2.67. The van der Waals surface area contributed by atoms with Crippen molar-refractivity contribution in [3.05, 3.63) is 0 Å². The van der Waals surface area contributed by atoms with Crippen molar-refractivity contribution in [2.45, 2.75) is 85.3 Å². The molecule has 0 atom stereocenters. The molecule has 2 aliphatic rings. The quantitative estimate of drug-likeness (QED) is 0.611. The van der Waals surface area contributed by atoms with E-state index in [0.717, 1.165) is 64.6 Å². The summed E-state index contributed by atoms with van der Waals surface area (Å²) in [7, 11) is 0. The van der Waals surface area contributed by atoms with Gasteiger partial charge in [-0.25, -0.2) is 0 Å². The maximum atomic E-state index is 12.2. The minimum Gasteiger partial charge on any atom is -0.462 e. The topological polar surface area (TPSA) is 58.6 Å². The zero-order valence-electron chi connectivity index (χ0n) is 16.3. The lowest BCUT2D eigenvalue weighted by molar-refractivity contribution is -0.157. The first-order valence-electron chi connectivity index (χ1n) is 9.85. The van der Waals surface area contributed by atoms with E-state index in [1.165, 1.54) is 0 Å². The fourth-order valence-electron chi connectivity index (χ4n) is 3.19. The SMILES string of the molecule is CC.CC.CCN1CCC(C(=O)OC2CCC(NC=O)CC2)CC1.[HH]. The van der Waals surface area contributed by atoms with Crippen molar-refractivity contribution in [2.24, 2.45) is 5.92 Å². The first-order chi connectivity index (χ1) is 11.7. The van der Waals surface area contributed by atoms with Crippen LogP contribution in [0.2, 0.25) is 0 Å². The number of piperidine rings is 1. The highest BCUT2D eigenvalue weighted by atomic mass is 16.5. The predicted octanol–water partition coefficient (Wildman–Crippen LogP) is 3.62. The highest BCUT2D eigenvalue weighted by molar-refractivity contribution is 5.72. The van der Waals surface area contributed by atoms with Gasteiger partial charge in [0.25, 0.3) is 0 Å². The summed E-state index contributed by atoms with van der Waals surface area (Å²) >= 11 is 0. The summed E-state index contributed by atoms with van der Waals surface area (Å²) in [6.07, 6.45) is 6.21. The number of hydrogen-bond donors (Lipinski definition) is 1. The lowest BCUT2D eigenvalue weighted by Crippen LogP contribution is -2.39. The molecule has 1 heterocycles. The first kappa shape index (κ1) is 22.9. The van der Waals surface area contributed by atoms with Crippen LogP contribution in [0, 0.1) is 5.92 Å². The summed E-state index contributed by atoms with van der Waals surface area (Å²) in [6, 6.07) is 0.259. The smallest absolute Gasteiger partial charge is 0.309 e. The van der Waals surface area contributed by atoms with Crippen LogP contribution < -0.4 is 5.32 Å². The van der Waals surface area contributed by atoms with Crippen molar-refractivity contribution in [1.29, 1.82) is 0 Å². The molecule has 1 aliphatic carbocycles. The number of esters is 1. The van der Waals surface area contributed by atoms with Crippen LogP contribution in [-0.2, 0) is 14.3 Å². The van der Waals surface area contributed by atoms with E-state index in [1.807, 2.05) is 27.7 Å². The second-order valence-corrected chi connectivity index (χ2v) is 5.90. The van der Waals surface area contributed by atoms with Crippen LogP contribution in [0.1, 0.15) is 74.6 Å². The fraction of sp³-hybridized carbons (Fsp3) is 0.895. The zero-order valence-corrected chi connectivity index (χ0v) is 16.3. The van der Waals surface area contributed by atoms with E-state index in [1.54, 1.807) is 0 Å². The second-order valence-electron chi connectivity index (χ2n) is 5.90. The Morgan fingerprint density at radius 3 is 2.08 bits per heavy atom. The molecule has 1 N–H and O–H groups in total. The molecule has 1 saturated carbocycles. The Kier molecular flexibility index (Phi) is 13.6. The fourth-order valence-corrected chi connectivity index (χ4v) is 3.19. The Balaban J connectivity index is 0. The van der Waals surface area contributed by atoms with Gasteiger partial charge >= 0.3 is 5.97 Å². The number of nitrogens with zero attached hydrogens (tertiary/aromatic N) is 1. The summed E-state index contributed by atoms with van der Waals surface area (Å²) in [5.74, 6) is 0.0798. The van der Waals surface area contributed by atoms with E-state index in [9.17, 15) is 9.59 Å². The molecule has 5 heteroatoms. The Hall–Kier alpha value is -1.10. The summed E-state index contributed by atoms with van der Waals surface area (Å²) in [4.78, 5) is 24.9. The zero-order chi connectivity index (χ0) is 18.4. The average molecular weight is 345 g/mol. The molecule has 0 aromatic heterocycles. The number of hydrogen-bond acceptors (Lipinski definition) is 4. The van der Waals surface area contributed by atoms with Gasteiger partial charge in [-0.05, 0) is 58.2 Å². The van der Waals surface area contributed by atoms with Crippen LogP contribution in [0.25, 0.3) is 0 Å². The highest BCUT2D eigenvalue weighted by Crippen LogP contribution is 2.24. The largest absolute Gasteiger partial charge is 0.462 e. The van der Waals surface area contributed by atoms with Gasteiger partial charge in [0.2, 0.25) is 6.41 Å². The summed E-state index contributed by atoms with van der Waals surface area (Å²) in [6.45, 7) is 13.2. The van der Waals surface area contributed by atoms with Crippen LogP contribution in [0.4, 0.5) is 0 Å². The van der Waals surface area contributed by atoms with Crippen LogP contribution in [0.3, 0.4) is 0 Å². The number of likely N-dealkylation sites (tertiary alicyclic amines) is 1. The molecule has 0 aromatic carbocycles. The molecule has 5 nitrogen and oxygen atoms in total. The van der Waals surface area contributed by atoms with E-state index in [-0.39, 0.29) is 25.5 Å². The molecule has 2 rings (SSSR count). The van der Waals surface area contributed by atoms with Crippen LogP contribution in [0.15, 0.2) is 0 Å². The third-order valence-electron chi connectivity index (χ3n) is 4.63. The molecule has 144 valence electrons. The molecule has 0 bridgehead atoms. The van der Waals surface area contributed by atoms with Crippen molar-refractivity contribution < 1.29 is 15.8 Å². The number of carbonyl (C=O) groups excluding carboxylic acids is 2. The molecule has 1 amide bonds. The molecule has 2 fully saturated rings. The Morgan fingerprint density at radius 1 is 1.08 bits per heavy atom. The van der Waals surface area contributed by atoms with Crippen molar-refractivity contribution >= 4 is 12.4 Å². The normalized spacial score (nSPS) is 24.5. The van der Waals surface area contributed by atoms with Gasteiger partial charge in [0.1, 0.15) is 6.10 Å². The van der Waals surface area contributed by atoms with Crippen molar-refractivity contribution in [3.8, 4) is 0 Å². The third-order valence-corrected chi connectivity index (χ3v) is 4.63. The molecule has 1 aliphatic heterocycles. The molecular weight excluding hydrogens is 304 g/mol. The standard InChI is InChI=1S/C15H26N2O3.2C2H6.H2/c1-2-17-9-7-12(8-10-17)15(19)20-14-5-3-13(4-6-14)16-11-18;2*1-2;/h11-14H,2-10H2,1H3,(H,16,18);2*1-2H3;1H. The molecule has 0 aromatic rings. The molecular formula is C19H40N2O3. The molecule has 0 spiro atoms. The number of carbonyl (C=O) groups is 2. The maximum Gasteiger partial charge on any atom is 0.309 e. The lowest BCUT2D eigenvalue weighted by atomic mass is 9.92. The maximum absolute atomic E-state index is 12.2. The van der Waals surface area contributed by atoms with E-state index in [4.69, 9.17) is 4.74 Å². The van der Waals surface area contributed by atoms with Gasteiger partial charge in [-0.15, -0.1) is 0 Å². The van der Waals surface area contributed by atoms with Gasteiger partial charge in [0.15, 0.2) is 0 Å².